The molecule has 2 heterocycles. The maximum Gasteiger partial charge on any atom is 0.490 e. The number of phosphoric ester groups is 1. The number of hydrogen-bond acceptors (Lipinski definition) is 10. The highest BCUT2D eigenvalue weighted by Crippen LogP contribution is 2.66. The van der Waals surface area contributed by atoms with Crippen molar-refractivity contribution in [1.29, 1.82) is 0 Å². The van der Waals surface area contributed by atoms with Gasteiger partial charge in [0, 0.05) is 0 Å². The zero-order chi connectivity index (χ0) is 25.6. The van der Waals surface area contributed by atoms with E-state index in [-0.39, 0.29) is 6.20 Å². The van der Waals surface area contributed by atoms with Crippen LogP contribution in [0.25, 0.3) is 0 Å². The fourth-order valence-corrected chi connectivity index (χ4v) is 5.88. The monoisotopic (exact) mass is 570 g/mol. The van der Waals surface area contributed by atoms with Gasteiger partial charge in [0.2, 0.25) is 5.82 Å². The fraction of sp³-hybridized carbons (Fsp3) is 0.600. The molecule has 1 aromatic heterocycles. The Bertz CT molecular complexity index is 1150. The van der Waals surface area contributed by atoms with Crippen LogP contribution in [0.1, 0.15) is 6.23 Å². The summed E-state index contributed by atoms with van der Waals surface area (Å²) in [5.41, 5.74) is -1.36. The lowest BCUT2D eigenvalue weighted by molar-refractivity contribution is -0.211. The summed E-state index contributed by atoms with van der Waals surface area (Å²) >= 11 is 4.66. The van der Waals surface area contributed by atoms with Gasteiger partial charge in [0.15, 0.2) is 11.0 Å². The molecule has 3 unspecified atom stereocenters. The molecule has 0 aromatic carbocycles. The lowest BCUT2D eigenvalue weighted by Gasteiger charge is -2.24. The Morgan fingerprint density at radius 3 is 2.24 bits per heavy atom. The fourth-order valence-electron chi connectivity index (χ4n) is 2.60. The number of phosphoric acid groups is 3. The Morgan fingerprint density at radius 2 is 1.73 bits per heavy atom. The van der Waals surface area contributed by atoms with E-state index in [0.717, 1.165) is 0 Å². The quantitative estimate of drug-likeness (QED) is 0.145. The van der Waals surface area contributed by atoms with Gasteiger partial charge in [-0.05, 0) is 12.2 Å². The van der Waals surface area contributed by atoms with E-state index in [0.29, 0.717) is 4.57 Å². The molecule has 1 aliphatic heterocycles. The Hall–Kier alpha value is -0.850. The van der Waals surface area contributed by atoms with E-state index in [1.165, 1.54) is 0 Å². The first-order valence-electron chi connectivity index (χ1n) is 7.92. The number of aromatic nitrogens is 2. The van der Waals surface area contributed by atoms with Crippen molar-refractivity contribution in [3.05, 3.63) is 27.1 Å². The number of aliphatic hydroxyl groups excluding tert-OH is 1. The third-order valence-electron chi connectivity index (χ3n) is 3.76. The number of nitrogens with zero attached hydrogens (tertiary/aromatic N) is 1. The van der Waals surface area contributed by atoms with Crippen LogP contribution in [0.15, 0.2) is 11.0 Å². The van der Waals surface area contributed by atoms with Crippen LogP contribution in [0.4, 0.5) is 17.6 Å². The Kier molecular flexibility index (Phi) is 8.31. The van der Waals surface area contributed by atoms with Gasteiger partial charge in [-0.15, -0.1) is 0 Å². The molecule has 0 radical (unpaired) electrons. The SMILES string of the molecule is O=c1[nH]c(=S)n([C@@H]2O[C@H](COP(=O)(O)OP(=O)(O)OP(=O)(O)O)[C@H](O)C2C(F)(F)F)cc1F. The predicted molar refractivity (Wildman–Crippen MR) is 95.1 cm³/mol. The summed E-state index contributed by atoms with van der Waals surface area (Å²) in [6.45, 7) is -1.42. The van der Waals surface area contributed by atoms with E-state index >= 15 is 0 Å². The topological polar surface area (TPSA) is 227 Å². The first-order valence-corrected chi connectivity index (χ1v) is 12.8. The Morgan fingerprint density at radius 1 is 1.15 bits per heavy atom. The molecule has 6 N–H and O–H groups in total. The molecule has 6 atom stereocenters. The molecule has 0 aliphatic carbocycles. The highest BCUT2D eigenvalue weighted by Gasteiger charge is 2.58. The van der Waals surface area contributed by atoms with Crippen LogP contribution in [0.3, 0.4) is 0 Å². The van der Waals surface area contributed by atoms with Crippen LogP contribution in [-0.4, -0.2) is 59.2 Å². The van der Waals surface area contributed by atoms with Crippen LogP contribution in [0, 0.1) is 16.5 Å². The van der Waals surface area contributed by atoms with Gasteiger partial charge in [0.1, 0.15) is 12.0 Å². The number of rotatable bonds is 8. The minimum atomic E-state index is -5.91. The number of halogens is 4. The summed E-state index contributed by atoms with van der Waals surface area (Å²) in [6, 6.07) is 0. The first kappa shape index (κ1) is 28.4. The van der Waals surface area contributed by atoms with Crippen LogP contribution in [-0.2, 0) is 31.6 Å². The molecule has 23 heteroatoms. The van der Waals surface area contributed by atoms with Crippen LogP contribution >= 0.6 is 35.7 Å². The summed E-state index contributed by atoms with van der Waals surface area (Å²) < 4.78 is 103. The van der Waals surface area contributed by atoms with E-state index < -0.39 is 76.8 Å². The number of aliphatic hydroxyl groups is 1. The minimum absolute atomic E-state index is 0.266. The second-order valence-corrected chi connectivity index (χ2v) is 11.0. The largest absolute Gasteiger partial charge is 0.490 e. The number of H-pyrrole nitrogens is 1. The van der Waals surface area contributed by atoms with Crippen molar-refractivity contribution in [2.75, 3.05) is 6.61 Å². The van der Waals surface area contributed by atoms with E-state index in [2.05, 4.69) is 25.4 Å². The smallest absolute Gasteiger partial charge is 0.389 e. The lowest BCUT2D eigenvalue weighted by Crippen LogP contribution is -2.39. The maximum atomic E-state index is 13.6. The Balaban J connectivity index is 2.25. The highest BCUT2D eigenvalue weighted by atomic mass is 32.1. The molecule has 2 rings (SSSR count). The molecular formula is C10H13F4N2O13P3S. The molecular weight excluding hydrogens is 557 g/mol. The van der Waals surface area contributed by atoms with Crippen molar-refractivity contribution < 1.29 is 73.8 Å². The number of alkyl halides is 3. The number of nitrogens with one attached hydrogen (secondary N) is 1. The van der Waals surface area contributed by atoms with Gasteiger partial charge >= 0.3 is 29.6 Å². The third-order valence-corrected chi connectivity index (χ3v) is 7.88. The summed E-state index contributed by atoms with van der Waals surface area (Å²) in [4.78, 5) is 48.2. The Labute approximate surface area is 184 Å². The highest BCUT2D eigenvalue weighted by molar-refractivity contribution is 7.71. The molecule has 0 bridgehead atoms. The molecule has 1 fully saturated rings. The average molecular weight is 570 g/mol. The molecule has 0 saturated carbocycles. The summed E-state index contributed by atoms with van der Waals surface area (Å²) in [7, 11) is -17.3. The van der Waals surface area contributed by atoms with E-state index in [1.807, 2.05) is 0 Å². The molecule has 1 saturated heterocycles. The van der Waals surface area contributed by atoms with E-state index in [9.17, 15) is 46.1 Å². The van der Waals surface area contributed by atoms with Crippen LogP contribution < -0.4 is 5.56 Å². The molecule has 15 nitrogen and oxygen atoms in total. The lowest BCUT2D eigenvalue weighted by atomic mass is 9.99. The summed E-state index contributed by atoms with van der Waals surface area (Å²) in [5, 5.41) is 10.0. The van der Waals surface area contributed by atoms with Crippen molar-refractivity contribution in [3.63, 3.8) is 0 Å². The summed E-state index contributed by atoms with van der Waals surface area (Å²) in [6.07, 6.45) is -11.9. The van der Waals surface area contributed by atoms with E-state index in [4.69, 9.17) is 19.4 Å². The van der Waals surface area contributed by atoms with Gasteiger partial charge < -0.3 is 29.4 Å². The molecule has 1 aliphatic rings. The van der Waals surface area contributed by atoms with Crippen molar-refractivity contribution in [3.8, 4) is 0 Å². The van der Waals surface area contributed by atoms with Gasteiger partial charge in [0.05, 0.1) is 18.9 Å². The predicted octanol–water partition coefficient (Wildman–Crippen LogP) is 0.825. The van der Waals surface area contributed by atoms with Crippen molar-refractivity contribution in [2.24, 2.45) is 5.92 Å². The second kappa shape index (κ2) is 9.66. The number of hydrogen-bond donors (Lipinski definition) is 6. The van der Waals surface area contributed by atoms with Crippen molar-refractivity contribution in [2.45, 2.75) is 24.6 Å². The normalized spacial score (nSPS) is 27.8. The molecule has 0 amide bonds. The first-order chi connectivity index (χ1) is 14.7. The summed E-state index contributed by atoms with van der Waals surface area (Å²) in [5.74, 6) is -4.39. The standard InChI is InChI=1S/C10H13F4N2O13P3S/c11-3-1-16(9(33)15-7(3)18)8-5(10(12,13)14)6(17)4(27-8)2-26-31(22,23)29-32(24,25)28-30(19,20)21/h1,4-6,8,17H,2H2,(H,22,23)(H,24,25)(H,15,18,33)(H2,19,20,21)/t4-,5?,6+,8-/m1/s1. The number of aromatic amines is 1. The second-order valence-electron chi connectivity index (χ2n) is 6.15. The number of ether oxygens (including phenoxy) is 1. The third kappa shape index (κ3) is 7.57. The van der Waals surface area contributed by atoms with Crippen LogP contribution in [0.5, 0.6) is 0 Å². The van der Waals surface area contributed by atoms with Crippen molar-refractivity contribution >= 4 is 35.7 Å². The minimum Gasteiger partial charge on any atom is -0.389 e. The zero-order valence-corrected chi connectivity index (χ0v) is 18.8. The van der Waals surface area contributed by atoms with Crippen molar-refractivity contribution in [1.82, 2.24) is 9.55 Å². The van der Waals surface area contributed by atoms with Gasteiger partial charge in [-0.1, -0.05) is 0 Å². The van der Waals surface area contributed by atoms with Gasteiger partial charge in [-0.2, -0.15) is 26.2 Å². The molecule has 0 spiro atoms. The van der Waals surface area contributed by atoms with E-state index in [1.54, 1.807) is 4.98 Å². The zero-order valence-electron chi connectivity index (χ0n) is 15.3. The average Bonchev–Trinajstić information content (AvgIpc) is 2.89. The van der Waals surface area contributed by atoms with Crippen LogP contribution in [0.2, 0.25) is 0 Å². The molecule has 1 aromatic rings. The molecule has 33 heavy (non-hydrogen) atoms. The van der Waals surface area contributed by atoms with Gasteiger partial charge in [-0.25, -0.2) is 13.7 Å². The molecule has 190 valence electrons. The van der Waals surface area contributed by atoms with Gasteiger partial charge in [-0.3, -0.25) is 18.9 Å². The maximum absolute atomic E-state index is 13.6. The van der Waals surface area contributed by atoms with Gasteiger partial charge in [0.25, 0.3) is 5.56 Å².